The summed E-state index contributed by atoms with van der Waals surface area (Å²) in [6, 6.07) is 10.1. The van der Waals surface area contributed by atoms with E-state index in [9.17, 15) is 9.59 Å². The SMILES string of the molecule is O=C(C1CCOCC1)N1CCN2C(=O)OCC2(Cc2ccccc2)C1. The first-order chi connectivity index (χ1) is 12.2. The third kappa shape index (κ3) is 3.11. The molecule has 3 aliphatic heterocycles. The Morgan fingerprint density at radius 3 is 2.68 bits per heavy atom. The van der Waals surface area contributed by atoms with E-state index in [0.717, 1.165) is 18.4 Å². The van der Waals surface area contributed by atoms with E-state index in [4.69, 9.17) is 9.47 Å². The highest BCUT2D eigenvalue weighted by molar-refractivity contribution is 5.80. The number of hydrogen-bond donors (Lipinski definition) is 0. The Balaban J connectivity index is 1.54. The lowest BCUT2D eigenvalue weighted by Crippen LogP contribution is -2.64. The summed E-state index contributed by atoms with van der Waals surface area (Å²) in [5, 5.41) is 0. The van der Waals surface area contributed by atoms with E-state index in [1.807, 2.05) is 28.0 Å². The average Bonchev–Trinajstić information content (AvgIpc) is 2.98. The zero-order valence-electron chi connectivity index (χ0n) is 14.4. The summed E-state index contributed by atoms with van der Waals surface area (Å²) >= 11 is 0. The Morgan fingerprint density at radius 1 is 1.16 bits per heavy atom. The van der Waals surface area contributed by atoms with E-state index in [1.165, 1.54) is 0 Å². The second-order valence-corrected chi connectivity index (χ2v) is 7.24. The Kier molecular flexibility index (Phi) is 4.37. The summed E-state index contributed by atoms with van der Waals surface area (Å²) in [5.74, 6) is 0.252. The van der Waals surface area contributed by atoms with Crippen LogP contribution in [-0.2, 0) is 20.7 Å². The van der Waals surface area contributed by atoms with E-state index in [2.05, 4.69) is 12.1 Å². The Bertz CT molecular complexity index is 644. The molecule has 4 rings (SSSR count). The first-order valence-electron chi connectivity index (χ1n) is 9.03. The highest BCUT2D eigenvalue weighted by Crippen LogP contribution is 2.33. The van der Waals surface area contributed by atoms with E-state index in [0.29, 0.717) is 45.9 Å². The number of amides is 2. The van der Waals surface area contributed by atoms with Gasteiger partial charge in [-0.05, 0) is 18.4 Å². The van der Waals surface area contributed by atoms with Crippen molar-refractivity contribution in [2.75, 3.05) is 39.5 Å². The van der Waals surface area contributed by atoms with Gasteiger partial charge in [0.15, 0.2) is 0 Å². The van der Waals surface area contributed by atoms with E-state index < -0.39 is 5.54 Å². The standard InChI is InChI=1S/C19H24N2O4/c22-17(16-6-10-24-11-7-16)20-8-9-21-18(23)25-14-19(21,13-20)12-15-4-2-1-3-5-15/h1-5,16H,6-14H2. The number of benzene rings is 1. The zero-order chi connectivity index (χ0) is 17.3. The fraction of sp³-hybridized carbons (Fsp3) is 0.579. The van der Waals surface area contributed by atoms with Gasteiger partial charge in [0.25, 0.3) is 0 Å². The van der Waals surface area contributed by atoms with Gasteiger partial charge in [-0.1, -0.05) is 30.3 Å². The predicted octanol–water partition coefficient (Wildman–Crippen LogP) is 1.69. The van der Waals surface area contributed by atoms with Crippen LogP contribution < -0.4 is 0 Å². The van der Waals surface area contributed by atoms with Gasteiger partial charge in [-0.2, -0.15) is 0 Å². The third-order valence-corrected chi connectivity index (χ3v) is 5.59. The summed E-state index contributed by atoms with van der Waals surface area (Å²) in [7, 11) is 0. The lowest BCUT2D eigenvalue weighted by molar-refractivity contribution is -0.142. The first kappa shape index (κ1) is 16.4. The van der Waals surface area contributed by atoms with Crippen LogP contribution in [0.25, 0.3) is 0 Å². The van der Waals surface area contributed by atoms with Crippen LogP contribution in [-0.4, -0.2) is 66.8 Å². The molecule has 0 saturated carbocycles. The van der Waals surface area contributed by atoms with Gasteiger partial charge >= 0.3 is 6.09 Å². The van der Waals surface area contributed by atoms with Crippen molar-refractivity contribution < 1.29 is 19.1 Å². The number of piperazine rings is 1. The molecule has 3 heterocycles. The first-order valence-corrected chi connectivity index (χ1v) is 9.03. The molecular weight excluding hydrogens is 320 g/mol. The quantitative estimate of drug-likeness (QED) is 0.837. The summed E-state index contributed by atoms with van der Waals surface area (Å²) in [6.45, 7) is 3.34. The van der Waals surface area contributed by atoms with Gasteiger partial charge in [-0.25, -0.2) is 4.79 Å². The largest absolute Gasteiger partial charge is 0.447 e. The Labute approximate surface area is 147 Å². The minimum Gasteiger partial charge on any atom is -0.447 e. The molecule has 1 atom stereocenters. The minimum absolute atomic E-state index is 0.0482. The van der Waals surface area contributed by atoms with Gasteiger partial charge in [-0.15, -0.1) is 0 Å². The normalized spacial score (nSPS) is 27.1. The van der Waals surface area contributed by atoms with Crippen LogP contribution >= 0.6 is 0 Å². The molecule has 134 valence electrons. The number of carbonyl (C=O) groups excluding carboxylic acids is 2. The predicted molar refractivity (Wildman–Crippen MR) is 91.1 cm³/mol. The number of hydrogen-bond acceptors (Lipinski definition) is 4. The smallest absolute Gasteiger partial charge is 0.410 e. The molecule has 0 aromatic heterocycles. The van der Waals surface area contributed by atoms with Crippen molar-refractivity contribution in [3.63, 3.8) is 0 Å². The van der Waals surface area contributed by atoms with Crippen molar-refractivity contribution in [3.05, 3.63) is 35.9 Å². The van der Waals surface area contributed by atoms with E-state index in [-0.39, 0.29) is 17.9 Å². The number of ether oxygens (including phenoxy) is 2. The molecule has 0 bridgehead atoms. The number of rotatable bonds is 3. The van der Waals surface area contributed by atoms with Crippen molar-refractivity contribution in [1.82, 2.24) is 9.80 Å². The summed E-state index contributed by atoms with van der Waals surface area (Å²) in [4.78, 5) is 28.9. The van der Waals surface area contributed by atoms with Crippen LogP contribution in [0, 0.1) is 5.92 Å². The van der Waals surface area contributed by atoms with Gasteiger partial charge in [0.2, 0.25) is 5.91 Å². The molecule has 3 saturated heterocycles. The molecule has 25 heavy (non-hydrogen) atoms. The topological polar surface area (TPSA) is 59.1 Å². The van der Waals surface area contributed by atoms with E-state index in [1.54, 1.807) is 0 Å². The van der Waals surface area contributed by atoms with Crippen LogP contribution in [0.3, 0.4) is 0 Å². The van der Waals surface area contributed by atoms with Crippen molar-refractivity contribution in [2.24, 2.45) is 5.92 Å². The maximum Gasteiger partial charge on any atom is 0.410 e. The highest BCUT2D eigenvalue weighted by atomic mass is 16.6. The van der Waals surface area contributed by atoms with E-state index >= 15 is 0 Å². The van der Waals surface area contributed by atoms with Crippen molar-refractivity contribution in [3.8, 4) is 0 Å². The fourth-order valence-corrected chi connectivity index (χ4v) is 4.23. The molecule has 6 heteroatoms. The minimum atomic E-state index is -0.447. The number of cyclic esters (lactones) is 1. The van der Waals surface area contributed by atoms with Gasteiger partial charge in [0, 0.05) is 45.2 Å². The van der Waals surface area contributed by atoms with Crippen molar-refractivity contribution in [2.45, 2.75) is 24.8 Å². The lowest BCUT2D eigenvalue weighted by Gasteiger charge is -2.45. The fourth-order valence-electron chi connectivity index (χ4n) is 4.23. The summed E-state index contributed by atoms with van der Waals surface area (Å²) in [6.07, 6.45) is 2.03. The number of nitrogens with zero attached hydrogens (tertiary/aromatic N) is 2. The van der Waals surface area contributed by atoms with Gasteiger partial charge in [0.1, 0.15) is 12.1 Å². The molecule has 2 amide bonds. The molecule has 1 aromatic rings. The molecule has 6 nitrogen and oxygen atoms in total. The van der Waals surface area contributed by atoms with Gasteiger partial charge < -0.3 is 14.4 Å². The monoisotopic (exact) mass is 344 g/mol. The van der Waals surface area contributed by atoms with Gasteiger partial charge in [-0.3, -0.25) is 9.69 Å². The number of fused-ring (bicyclic) bond motifs is 1. The molecule has 3 aliphatic rings. The molecular formula is C19H24N2O4. The number of carbonyl (C=O) groups is 2. The molecule has 3 fully saturated rings. The van der Waals surface area contributed by atoms with Crippen LogP contribution in [0.2, 0.25) is 0 Å². The molecule has 0 spiro atoms. The highest BCUT2D eigenvalue weighted by Gasteiger charge is 2.51. The van der Waals surface area contributed by atoms with Crippen molar-refractivity contribution >= 4 is 12.0 Å². The Morgan fingerprint density at radius 2 is 1.92 bits per heavy atom. The molecule has 0 N–H and O–H groups in total. The molecule has 1 unspecified atom stereocenters. The molecule has 1 aromatic carbocycles. The second kappa shape index (κ2) is 6.67. The maximum atomic E-state index is 12.9. The van der Waals surface area contributed by atoms with Crippen molar-refractivity contribution in [1.29, 1.82) is 0 Å². The third-order valence-electron chi connectivity index (χ3n) is 5.59. The van der Waals surface area contributed by atoms with Crippen LogP contribution in [0.1, 0.15) is 18.4 Å². The van der Waals surface area contributed by atoms with Gasteiger partial charge in [0.05, 0.1) is 0 Å². The Hall–Kier alpha value is -2.08. The second-order valence-electron chi connectivity index (χ2n) is 7.24. The summed E-state index contributed by atoms with van der Waals surface area (Å²) in [5.41, 5.74) is 0.712. The zero-order valence-corrected chi connectivity index (χ0v) is 14.4. The van der Waals surface area contributed by atoms with Crippen LogP contribution in [0.4, 0.5) is 4.79 Å². The lowest BCUT2D eigenvalue weighted by atomic mass is 9.87. The molecule has 0 aliphatic carbocycles. The molecule has 0 radical (unpaired) electrons. The average molecular weight is 344 g/mol. The van der Waals surface area contributed by atoms with Crippen LogP contribution in [0.5, 0.6) is 0 Å². The maximum absolute atomic E-state index is 12.9. The van der Waals surface area contributed by atoms with Crippen LogP contribution in [0.15, 0.2) is 30.3 Å². The summed E-state index contributed by atoms with van der Waals surface area (Å²) < 4.78 is 10.8.